The van der Waals surface area contributed by atoms with Crippen molar-refractivity contribution in [3.8, 4) is 0 Å². The molecule has 0 spiro atoms. The van der Waals surface area contributed by atoms with Gasteiger partial charge >= 0.3 is 0 Å². The van der Waals surface area contributed by atoms with E-state index in [1.165, 1.54) is 35.9 Å². The molecule has 1 aliphatic rings. The molecule has 0 radical (unpaired) electrons. The molecule has 0 amide bonds. The van der Waals surface area contributed by atoms with Gasteiger partial charge in [-0.25, -0.2) is 0 Å². The van der Waals surface area contributed by atoms with Crippen LogP contribution in [0.15, 0.2) is 36.4 Å². The maximum atomic E-state index is 12.1. The van der Waals surface area contributed by atoms with Crippen molar-refractivity contribution in [1.29, 1.82) is 0 Å². The number of hydrogen-bond acceptors (Lipinski definition) is 3. The van der Waals surface area contributed by atoms with Crippen LogP contribution in [-0.2, 0) is 4.79 Å². The third-order valence-electron chi connectivity index (χ3n) is 3.88. The highest BCUT2D eigenvalue weighted by atomic mass is 32.2. The smallest absolute Gasteiger partial charge is 0.163 e. The molecule has 0 aromatic heterocycles. The first kappa shape index (κ1) is 17.7. The average Bonchev–Trinajstić information content (AvgIpc) is 2.92. The number of carbonyl (C=O) groups excluding carboxylic acids is 1. The molecule has 3 heteroatoms. The molecule has 0 aliphatic heterocycles. The fourth-order valence-corrected chi connectivity index (χ4v) is 4.50. The first-order valence-electron chi connectivity index (χ1n) is 8.27. The zero-order valence-corrected chi connectivity index (χ0v) is 15.1. The number of carbonyl (C=O) groups is 1. The van der Waals surface area contributed by atoms with Crippen molar-refractivity contribution in [2.45, 2.75) is 32.6 Å². The number of hydrogen-bond donors (Lipinski definition) is 0. The summed E-state index contributed by atoms with van der Waals surface area (Å²) in [5.74, 6) is 5.82. The van der Waals surface area contributed by atoms with E-state index in [0.717, 1.165) is 17.6 Å². The lowest BCUT2D eigenvalue weighted by atomic mass is 10.0. The summed E-state index contributed by atoms with van der Waals surface area (Å²) >= 11 is 4.10. The van der Waals surface area contributed by atoms with Crippen molar-refractivity contribution in [3.63, 3.8) is 0 Å². The summed E-state index contributed by atoms with van der Waals surface area (Å²) in [6.07, 6.45) is 6.62. The molecule has 0 saturated carbocycles. The van der Waals surface area contributed by atoms with Crippen LogP contribution in [0.5, 0.6) is 0 Å². The molecule has 2 rings (SSSR count). The first-order valence-corrected chi connectivity index (χ1v) is 10.6. The van der Waals surface area contributed by atoms with Crippen molar-refractivity contribution in [1.82, 2.24) is 0 Å². The molecule has 1 unspecified atom stereocenters. The van der Waals surface area contributed by atoms with Gasteiger partial charge in [-0.1, -0.05) is 43.3 Å². The highest BCUT2D eigenvalue weighted by molar-refractivity contribution is 8.00. The lowest BCUT2D eigenvalue weighted by Gasteiger charge is -2.05. The molecule has 0 fully saturated rings. The van der Waals surface area contributed by atoms with Crippen LogP contribution in [0.25, 0.3) is 5.57 Å². The Morgan fingerprint density at radius 1 is 1.05 bits per heavy atom. The Balaban J connectivity index is 1.65. The van der Waals surface area contributed by atoms with E-state index in [2.05, 4.69) is 24.8 Å². The monoisotopic (exact) mass is 334 g/mol. The fourth-order valence-electron chi connectivity index (χ4n) is 2.75. The van der Waals surface area contributed by atoms with Gasteiger partial charge in [0.05, 0.1) is 0 Å². The van der Waals surface area contributed by atoms with E-state index in [4.69, 9.17) is 0 Å². The van der Waals surface area contributed by atoms with Crippen LogP contribution in [0, 0.1) is 5.92 Å². The minimum absolute atomic E-state index is 0.320. The van der Waals surface area contributed by atoms with Gasteiger partial charge in [-0.2, -0.15) is 23.5 Å². The molecule has 1 aliphatic carbocycles. The quantitative estimate of drug-likeness (QED) is 0.539. The summed E-state index contributed by atoms with van der Waals surface area (Å²) in [7, 11) is 0. The molecule has 1 nitrogen and oxygen atoms in total. The van der Waals surface area contributed by atoms with Crippen molar-refractivity contribution in [2.75, 3.05) is 23.0 Å². The summed E-state index contributed by atoms with van der Waals surface area (Å²) in [4.78, 5) is 12.1. The van der Waals surface area contributed by atoms with Crippen LogP contribution in [0.3, 0.4) is 0 Å². The van der Waals surface area contributed by atoms with Gasteiger partial charge in [-0.15, -0.1) is 0 Å². The van der Waals surface area contributed by atoms with Gasteiger partial charge < -0.3 is 0 Å². The van der Waals surface area contributed by atoms with E-state index in [-0.39, 0.29) is 0 Å². The maximum absolute atomic E-state index is 12.1. The van der Waals surface area contributed by atoms with Crippen LogP contribution in [0.1, 0.15) is 38.2 Å². The predicted molar refractivity (Wildman–Crippen MR) is 102 cm³/mol. The van der Waals surface area contributed by atoms with Crippen molar-refractivity contribution in [2.24, 2.45) is 5.92 Å². The van der Waals surface area contributed by atoms with E-state index in [1.54, 1.807) is 0 Å². The summed E-state index contributed by atoms with van der Waals surface area (Å²) in [5.41, 5.74) is 2.02. The minimum Gasteiger partial charge on any atom is -0.294 e. The highest BCUT2D eigenvalue weighted by Crippen LogP contribution is 2.31. The molecular weight excluding hydrogens is 308 g/mol. The molecule has 1 atom stereocenters. The van der Waals surface area contributed by atoms with Crippen LogP contribution in [-0.4, -0.2) is 28.8 Å². The average molecular weight is 335 g/mol. The van der Waals surface area contributed by atoms with E-state index in [1.807, 2.05) is 42.1 Å². The predicted octanol–water partition coefficient (Wildman–Crippen LogP) is 5.32. The Kier molecular flexibility index (Phi) is 8.17. The SMILES string of the molecule is CCSCCCSCCCC1C=C(c2ccccc2)C(=O)C1. The third kappa shape index (κ3) is 5.85. The van der Waals surface area contributed by atoms with Crippen molar-refractivity contribution >= 4 is 34.9 Å². The lowest BCUT2D eigenvalue weighted by molar-refractivity contribution is -0.113. The van der Waals surface area contributed by atoms with E-state index in [9.17, 15) is 4.79 Å². The van der Waals surface area contributed by atoms with E-state index in [0.29, 0.717) is 18.1 Å². The Hall–Kier alpha value is -0.670. The van der Waals surface area contributed by atoms with E-state index >= 15 is 0 Å². The molecule has 0 heterocycles. The zero-order valence-electron chi connectivity index (χ0n) is 13.4. The topological polar surface area (TPSA) is 17.1 Å². The summed E-state index contributed by atoms with van der Waals surface area (Å²) in [6, 6.07) is 10.1. The maximum Gasteiger partial charge on any atom is 0.163 e. The minimum atomic E-state index is 0.320. The largest absolute Gasteiger partial charge is 0.294 e. The highest BCUT2D eigenvalue weighted by Gasteiger charge is 2.24. The number of rotatable bonds is 10. The second-order valence-corrected chi connectivity index (χ2v) is 8.26. The van der Waals surface area contributed by atoms with Crippen LogP contribution < -0.4 is 0 Å². The van der Waals surface area contributed by atoms with Gasteiger partial charge in [0, 0.05) is 12.0 Å². The molecule has 22 heavy (non-hydrogen) atoms. The Bertz CT molecular complexity index is 481. The van der Waals surface area contributed by atoms with Gasteiger partial charge in [-0.3, -0.25) is 4.79 Å². The summed E-state index contributed by atoms with van der Waals surface area (Å²) in [6.45, 7) is 2.22. The van der Waals surface area contributed by atoms with Gasteiger partial charge in [0.2, 0.25) is 0 Å². The molecule has 1 aromatic rings. The Morgan fingerprint density at radius 2 is 1.77 bits per heavy atom. The molecule has 1 aromatic carbocycles. The van der Waals surface area contributed by atoms with Crippen molar-refractivity contribution < 1.29 is 4.79 Å². The number of allylic oxidation sites excluding steroid dienone is 2. The second-order valence-electron chi connectivity index (χ2n) is 5.64. The van der Waals surface area contributed by atoms with Crippen LogP contribution in [0.2, 0.25) is 0 Å². The van der Waals surface area contributed by atoms with Crippen LogP contribution >= 0.6 is 23.5 Å². The Labute approximate surface area is 143 Å². The van der Waals surface area contributed by atoms with Gasteiger partial charge in [0.15, 0.2) is 5.78 Å². The first-order chi connectivity index (χ1) is 10.8. The normalized spacial score (nSPS) is 17.8. The molecular formula is C19H26OS2. The number of Topliss-reactive ketones (excluding diaryl/α,β-unsaturated/α-hetero) is 1. The number of benzene rings is 1. The standard InChI is InChI=1S/C19H26OS2/c1-2-21-12-7-13-22-11-6-8-16-14-18(19(20)15-16)17-9-4-3-5-10-17/h3-5,9-10,14,16H,2,6-8,11-13,15H2,1H3. The van der Waals surface area contributed by atoms with Crippen molar-refractivity contribution in [3.05, 3.63) is 42.0 Å². The summed E-state index contributed by atoms with van der Waals surface area (Å²) < 4.78 is 0. The van der Waals surface area contributed by atoms with Gasteiger partial charge in [-0.05, 0) is 53.8 Å². The van der Waals surface area contributed by atoms with Gasteiger partial charge in [0.1, 0.15) is 0 Å². The number of ketones is 1. The third-order valence-corrected chi connectivity index (χ3v) is 6.02. The fraction of sp³-hybridized carbons (Fsp3) is 0.526. The molecule has 120 valence electrons. The second kappa shape index (κ2) is 10.2. The summed E-state index contributed by atoms with van der Waals surface area (Å²) in [5, 5.41) is 0. The zero-order chi connectivity index (χ0) is 15.6. The van der Waals surface area contributed by atoms with Crippen LogP contribution in [0.4, 0.5) is 0 Å². The molecule has 0 saturated heterocycles. The van der Waals surface area contributed by atoms with Gasteiger partial charge in [0.25, 0.3) is 0 Å². The lowest BCUT2D eigenvalue weighted by Crippen LogP contribution is -1.99. The molecule has 0 bridgehead atoms. The number of thioether (sulfide) groups is 2. The molecule has 0 N–H and O–H groups in total. The van der Waals surface area contributed by atoms with E-state index < -0.39 is 0 Å². The Morgan fingerprint density at radius 3 is 2.55 bits per heavy atom.